The van der Waals surface area contributed by atoms with Crippen molar-refractivity contribution >= 4 is 11.6 Å². The van der Waals surface area contributed by atoms with E-state index in [1.54, 1.807) is 6.07 Å². The van der Waals surface area contributed by atoms with Crippen LogP contribution >= 0.6 is 0 Å². The standard InChI is InChI=1S/C15H21N3O/c1-4-12(3)18-14(19)8-9-17-15-11(2)6-5-7-13(15)10-16/h5-7,12,17H,4,8-9H2,1-3H3,(H,18,19). The number of anilines is 1. The van der Waals surface area contributed by atoms with Crippen LogP contribution in [-0.4, -0.2) is 18.5 Å². The SMILES string of the molecule is CCC(C)NC(=O)CCNc1c(C)cccc1C#N. The lowest BCUT2D eigenvalue weighted by Crippen LogP contribution is -2.33. The number of aryl methyl sites for hydroxylation is 1. The molecule has 102 valence electrons. The maximum Gasteiger partial charge on any atom is 0.221 e. The fraction of sp³-hybridized carbons (Fsp3) is 0.467. The van der Waals surface area contributed by atoms with Gasteiger partial charge in [0.25, 0.3) is 0 Å². The lowest BCUT2D eigenvalue weighted by atomic mass is 10.1. The molecule has 0 saturated carbocycles. The Hall–Kier alpha value is -2.02. The number of benzene rings is 1. The summed E-state index contributed by atoms with van der Waals surface area (Å²) in [4.78, 5) is 11.6. The summed E-state index contributed by atoms with van der Waals surface area (Å²) in [7, 11) is 0. The van der Waals surface area contributed by atoms with Crippen molar-refractivity contribution in [3.05, 3.63) is 29.3 Å². The highest BCUT2D eigenvalue weighted by atomic mass is 16.1. The zero-order valence-electron chi connectivity index (χ0n) is 11.8. The van der Waals surface area contributed by atoms with Crippen molar-refractivity contribution in [1.82, 2.24) is 5.32 Å². The lowest BCUT2D eigenvalue weighted by molar-refractivity contribution is -0.121. The number of para-hydroxylation sites is 1. The molecule has 0 aliphatic heterocycles. The van der Waals surface area contributed by atoms with Crippen LogP contribution in [0.2, 0.25) is 0 Å². The van der Waals surface area contributed by atoms with Crippen LogP contribution in [0.3, 0.4) is 0 Å². The Balaban J connectivity index is 2.50. The normalized spacial score (nSPS) is 11.5. The van der Waals surface area contributed by atoms with Gasteiger partial charge < -0.3 is 10.6 Å². The van der Waals surface area contributed by atoms with Crippen molar-refractivity contribution in [3.8, 4) is 6.07 Å². The van der Waals surface area contributed by atoms with Gasteiger partial charge >= 0.3 is 0 Å². The van der Waals surface area contributed by atoms with Gasteiger partial charge in [-0.05, 0) is 31.9 Å². The van der Waals surface area contributed by atoms with Crippen molar-refractivity contribution < 1.29 is 4.79 Å². The fourth-order valence-corrected chi connectivity index (χ4v) is 1.75. The molecule has 1 rings (SSSR count). The molecule has 4 nitrogen and oxygen atoms in total. The van der Waals surface area contributed by atoms with Gasteiger partial charge in [-0.25, -0.2) is 0 Å². The minimum atomic E-state index is 0.0361. The highest BCUT2D eigenvalue weighted by Crippen LogP contribution is 2.19. The Kier molecular flexibility index (Phi) is 5.87. The van der Waals surface area contributed by atoms with Gasteiger partial charge in [0.2, 0.25) is 5.91 Å². The zero-order valence-corrected chi connectivity index (χ0v) is 11.8. The number of hydrogen-bond donors (Lipinski definition) is 2. The summed E-state index contributed by atoms with van der Waals surface area (Å²) in [6, 6.07) is 7.94. The number of carbonyl (C=O) groups excluding carboxylic acids is 1. The highest BCUT2D eigenvalue weighted by Gasteiger charge is 2.07. The van der Waals surface area contributed by atoms with Crippen molar-refractivity contribution in [2.45, 2.75) is 39.7 Å². The number of nitriles is 1. The molecule has 1 aromatic carbocycles. The van der Waals surface area contributed by atoms with Gasteiger partial charge in [0.1, 0.15) is 6.07 Å². The van der Waals surface area contributed by atoms with E-state index in [2.05, 4.69) is 16.7 Å². The van der Waals surface area contributed by atoms with Crippen LogP contribution in [0.15, 0.2) is 18.2 Å². The Labute approximate surface area is 114 Å². The molecule has 0 spiro atoms. The number of hydrogen-bond acceptors (Lipinski definition) is 3. The second kappa shape index (κ2) is 7.42. The molecule has 0 aromatic heterocycles. The Morgan fingerprint density at radius 2 is 2.21 bits per heavy atom. The van der Waals surface area contributed by atoms with E-state index in [4.69, 9.17) is 5.26 Å². The van der Waals surface area contributed by atoms with Gasteiger partial charge in [-0.3, -0.25) is 4.79 Å². The van der Waals surface area contributed by atoms with Crippen LogP contribution in [-0.2, 0) is 4.79 Å². The Morgan fingerprint density at radius 1 is 1.47 bits per heavy atom. The molecule has 1 unspecified atom stereocenters. The molecule has 1 atom stereocenters. The average Bonchev–Trinajstić information content (AvgIpc) is 2.40. The molecule has 2 N–H and O–H groups in total. The summed E-state index contributed by atoms with van der Waals surface area (Å²) in [5, 5.41) is 15.1. The monoisotopic (exact) mass is 259 g/mol. The van der Waals surface area contributed by atoms with Crippen molar-refractivity contribution in [1.29, 1.82) is 5.26 Å². The summed E-state index contributed by atoms with van der Waals surface area (Å²) in [5.41, 5.74) is 2.45. The molecule has 1 amide bonds. The van der Waals surface area contributed by atoms with E-state index >= 15 is 0 Å². The van der Waals surface area contributed by atoms with E-state index in [1.165, 1.54) is 0 Å². The summed E-state index contributed by atoms with van der Waals surface area (Å²) < 4.78 is 0. The van der Waals surface area contributed by atoms with Gasteiger partial charge in [0, 0.05) is 19.0 Å². The van der Waals surface area contributed by atoms with E-state index in [9.17, 15) is 4.79 Å². The smallest absolute Gasteiger partial charge is 0.221 e. The topological polar surface area (TPSA) is 64.9 Å². The quantitative estimate of drug-likeness (QED) is 0.825. The number of amides is 1. The fourth-order valence-electron chi connectivity index (χ4n) is 1.75. The molecule has 1 aromatic rings. The summed E-state index contributed by atoms with van der Waals surface area (Å²) >= 11 is 0. The first kappa shape index (κ1) is 15.0. The molecular weight excluding hydrogens is 238 g/mol. The molecule has 0 fully saturated rings. The molecule has 19 heavy (non-hydrogen) atoms. The van der Waals surface area contributed by atoms with Gasteiger partial charge in [-0.1, -0.05) is 19.1 Å². The van der Waals surface area contributed by atoms with E-state index < -0.39 is 0 Å². The highest BCUT2D eigenvalue weighted by molar-refractivity contribution is 5.77. The molecule has 0 aliphatic rings. The Bertz CT molecular complexity index is 477. The van der Waals surface area contributed by atoms with Crippen LogP contribution in [0.25, 0.3) is 0 Å². The van der Waals surface area contributed by atoms with Crippen LogP contribution in [0.4, 0.5) is 5.69 Å². The van der Waals surface area contributed by atoms with Gasteiger partial charge in [0.15, 0.2) is 0 Å². The van der Waals surface area contributed by atoms with E-state index in [0.717, 1.165) is 17.7 Å². The third-order valence-electron chi connectivity index (χ3n) is 3.07. The summed E-state index contributed by atoms with van der Waals surface area (Å²) in [5.74, 6) is 0.0361. The third-order valence-corrected chi connectivity index (χ3v) is 3.07. The van der Waals surface area contributed by atoms with Gasteiger partial charge in [0.05, 0.1) is 11.3 Å². The van der Waals surface area contributed by atoms with E-state index in [0.29, 0.717) is 18.5 Å². The lowest BCUT2D eigenvalue weighted by Gasteiger charge is -2.13. The second-order valence-electron chi connectivity index (χ2n) is 4.66. The van der Waals surface area contributed by atoms with Gasteiger partial charge in [-0.15, -0.1) is 0 Å². The number of carbonyl (C=O) groups is 1. The molecule has 0 aliphatic carbocycles. The number of rotatable bonds is 6. The first-order valence-corrected chi connectivity index (χ1v) is 6.61. The van der Waals surface area contributed by atoms with Crippen LogP contribution < -0.4 is 10.6 Å². The van der Waals surface area contributed by atoms with Crippen LogP contribution in [0.5, 0.6) is 0 Å². The van der Waals surface area contributed by atoms with Gasteiger partial charge in [-0.2, -0.15) is 5.26 Å². The third kappa shape index (κ3) is 4.63. The van der Waals surface area contributed by atoms with E-state index in [1.807, 2.05) is 32.9 Å². The number of nitrogens with one attached hydrogen (secondary N) is 2. The first-order chi connectivity index (χ1) is 9.08. The summed E-state index contributed by atoms with van der Waals surface area (Å²) in [6.07, 6.45) is 1.33. The van der Waals surface area contributed by atoms with Crippen molar-refractivity contribution in [3.63, 3.8) is 0 Å². The molecule has 0 radical (unpaired) electrons. The molecule has 4 heteroatoms. The van der Waals surface area contributed by atoms with Crippen LogP contribution in [0.1, 0.15) is 37.8 Å². The largest absolute Gasteiger partial charge is 0.383 e. The maximum absolute atomic E-state index is 11.6. The predicted octanol–water partition coefficient (Wildman–Crippen LogP) is 2.58. The van der Waals surface area contributed by atoms with Crippen LogP contribution in [0, 0.1) is 18.3 Å². The minimum Gasteiger partial charge on any atom is -0.383 e. The summed E-state index contributed by atoms with van der Waals surface area (Å²) in [6.45, 7) is 6.50. The molecule has 0 bridgehead atoms. The maximum atomic E-state index is 11.6. The predicted molar refractivity (Wildman–Crippen MR) is 76.9 cm³/mol. The molecule has 0 heterocycles. The minimum absolute atomic E-state index is 0.0361. The number of nitrogens with zero attached hydrogens (tertiary/aromatic N) is 1. The molecular formula is C15H21N3O. The Morgan fingerprint density at radius 3 is 2.84 bits per heavy atom. The van der Waals surface area contributed by atoms with E-state index in [-0.39, 0.29) is 11.9 Å². The zero-order chi connectivity index (χ0) is 14.3. The first-order valence-electron chi connectivity index (χ1n) is 6.61. The average molecular weight is 259 g/mol. The van der Waals surface area contributed by atoms with Crippen molar-refractivity contribution in [2.75, 3.05) is 11.9 Å². The molecule has 0 saturated heterocycles. The second-order valence-corrected chi connectivity index (χ2v) is 4.66. The van der Waals surface area contributed by atoms with Crippen molar-refractivity contribution in [2.24, 2.45) is 0 Å².